The maximum Gasteiger partial charge on any atom is 0.261 e. The van der Waals surface area contributed by atoms with Crippen LogP contribution in [0.3, 0.4) is 0 Å². The van der Waals surface area contributed by atoms with E-state index in [2.05, 4.69) is 10.0 Å². The summed E-state index contributed by atoms with van der Waals surface area (Å²) in [7, 11) is -3.73. The first-order valence-electron chi connectivity index (χ1n) is 11.4. The van der Waals surface area contributed by atoms with Crippen molar-refractivity contribution in [1.82, 2.24) is 5.32 Å². The summed E-state index contributed by atoms with van der Waals surface area (Å²) in [4.78, 5) is 13.4. The predicted octanol–water partition coefficient (Wildman–Crippen LogP) is 5.93. The molecule has 0 aromatic heterocycles. The first-order valence-corrected chi connectivity index (χ1v) is 12.8. The summed E-state index contributed by atoms with van der Waals surface area (Å²) in [6.07, 6.45) is 0. The fourth-order valence-electron chi connectivity index (χ4n) is 3.82. The zero-order valence-electron chi connectivity index (χ0n) is 19.9. The Balaban J connectivity index is 1.56. The minimum Gasteiger partial charge on any atom is -0.341 e. The molecular formula is C29H28N2O3S. The van der Waals surface area contributed by atoms with Gasteiger partial charge in [0.1, 0.15) is 0 Å². The van der Waals surface area contributed by atoms with Gasteiger partial charge in [0.25, 0.3) is 15.9 Å². The number of aryl methyl sites for hydroxylation is 3. The second-order valence-electron chi connectivity index (χ2n) is 8.68. The maximum absolute atomic E-state index is 13.2. The summed E-state index contributed by atoms with van der Waals surface area (Å²) in [6, 6.07) is 29.2. The molecule has 0 aliphatic carbocycles. The van der Waals surface area contributed by atoms with Gasteiger partial charge >= 0.3 is 0 Å². The zero-order valence-corrected chi connectivity index (χ0v) is 20.8. The van der Waals surface area contributed by atoms with Crippen molar-refractivity contribution in [1.29, 1.82) is 0 Å². The van der Waals surface area contributed by atoms with Gasteiger partial charge in [0.15, 0.2) is 0 Å². The van der Waals surface area contributed by atoms with E-state index >= 15 is 0 Å². The molecule has 4 aromatic carbocycles. The van der Waals surface area contributed by atoms with Crippen molar-refractivity contribution in [3.05, 3.63) is 130 Å². The Bertz CT molecular complexity index is 1430. The Hall–Kier alpha value is -3.90. The van der Waals surface area contributed by atoms with Crippen LogP contribution in [-0.4, -0.2) is 14.3 Å². The van der Waals surface area contributed by atoms with Gasteiger partial charge in [-0.05, 0) is 67.8 Å². The highest BCUT2D eigenvalue weighted by Crippen LogP contribution is 2.25. The molecule has 0 radical (unpaired) electrons. The van der Waals surface area contributed by atoms with Crippen molar-refractivity contribution in [2.24, 2.45) is 0 Å². The van der Waals surface area contributed by atoms with Crippen LogP contribution in [0.5, 0.6) is 0 Å². The van der Waals surface area contributed by atoms with Crippen LogP contribution < -0.4 is 10.0 Å². The van der Waals surface area contributed by atoms with Crippen LogP contribution in [0.1, 0.15) is 44.2 Å². The molecule has 0 heterocycles. The SMILES string of the molecule is Cc1ccc([C@H](NC(=O)c2ccc(NS(=O)(=O)c3ccc(C)cc3)c(C)c2)c2ccccc2)cc1. The van der Waals surface area contributed by atoms with Crippen molar-refractivity contribution in [2.75, 3.05) is 4.72 Å². The van der Waals surface area contributed by atoms with E-state index in [0.717, 1.165) is 22.3 Å². The second-order valence-corrected chi connectivity index (χ2v) is 10.4. The van der Waals surface area contributed by atoms with Gasteiger partial charge in [-0.2, -0.15) is 0 Å². The molecule has 178 valence electrons. The van der Waals surface area contributed by atoms with Crippen LogP contribution in [0.4, 0.5) is 5.69 Å². The number of sulfonamides is 1. The number of nitrogens with one attached hydrogen (secondary N) is 2. The Morgan fingerprint density at radius 1 is 0.714 bits per heavy atom. The van der Waals surface area contributed by atoms with Crippen LogP contribution in [0.15, 0.2) is 102 Å². The Morgan fingerprint density at radius 3 is 1.89 bits per heavy atom. The molecule has 2 N–H and O–H groups in total. The Labute approximate surface area is 206 Å². The van der Waals surface area contributed by atoms with Gasteiger partial charge in [-0.3, -0.25) is 9.52 Å². The fourth-order valence-corrected chi connectivity index (χ4v) is 4.95. The van der Waals surface area contributed by atoms with E-state index in [9.17, 15) is 13.2 Å². The molecular weight excluding hydrogens is 456 g/mol. The van der Waals surface area contributed by atoms with Gasteiger partial charge in [0, 0.05) is 5.56 Å². The maximum atomic E-state index is 13.2. The third-order valence-corrected chi connectivity index (χ3v) is 7.26. The van der Waals surface area contributed by atoms with Crippen molar-refractivity contribution < 1.29 is 13.2 Å². The lowest BCUT2D eigenvalue weighted by Gasteiger charge is -2.20. The summed E-state index contributed by atoms with van der Waals surface area (Å²) < 4.78 is 28.2. The lowest BCUT2D eigenvalue weighted by atomic mass is 9.97. The van der Waals surface area contributed by atoms with Gasteiger partial charge in [0.2, 0.25) is 0 Å². The van der Waals surface area contributed by atoms with Crippen LogP contribution in [-0.2, 0) is 10.0 Å². The number of benzene rings is 4. The Kier molecular flexibility index (Phi) is 7.03. The standard InChI is InChI=1S/C29H28N2O3S/c1-20-9-13-24(14-10-20)28(23-7-5-4-6-8-23)30-29(32)25-15-18-27(22(3)19-25)31-35(33,34)26-16-11-21(2)12-17-26/h4-19,28,31H,1-3H3,(H,30,32)/t28-/m1/s1. The molecule has 0 spiro atoms. The van der Waals surface area contributed by atoms with Crippen LogP contribution in [0.2, 0.25) is 0 Å². The number of hydrogen-bond donors (Lipinski definition) is 2. The normalized spacial score (nSPS) is 12.1. The summed E-state index contributed by atoms with van der Waals surface area (Å²) in [5, 5.41) is 3.13. The molecule has 35 heavy (non-hydrogen) atoms. The third kappa shape index (κ3) is 5.78. The van der Waals surface area contributed by atoms with E-state index in [-0.39, 0.29) is 16.8 Å². The van der Waals surface area contributed by atoms with Gasteiger partial charge in [-0.1, -0.05) is 77.9 Å². The first kappa shape index (κ1) is 24.2. The highest BCUT2D eigenvalue weighted by Gasteiger charge is 2.19. The van der Waals surface area contributed by atoms with E-state index in [1.54, 1.807) is 49.4 Å². The molecule has 5 nitrogen and oxygen atoms in total. The van der Waals surface area contributed by atoms with Crippen LogP contribution >= 0.6 is 0 Å². The fraction of sp³-hybridized carbons (Fsp3) is 0.138. The van der Waals surface area contributed by atoms with Crippen LogP contribution in [0, 0.1) is 20.8 Å². The molecule has 4 aromatic rings. The predicted molar refractivity (Wildman–Crippen MR) is 140 cm³/mol. The molecule has 1 atom stereocenters. The van der Waals surface area contributed by atoms with E-state index in [1.165, 1.54) is 0 Å². The molecule has 4 rings (SSSR count). The highest BCUT2D eigenvalue weighted by molar-refractivity contribution is 7.92. The summed E-state index contributed by atoms with van der Waals surface area (Å²) >= 11 is 0. The average molecular weight is 485 g/mol. The highest BCUT2D eigenvalue weighted by atomic mass is 32.2. The minimum atomic E-state index is -3.73. The monoisotopic (exact) mass is 484 g/mol. The van der Waals surface area contributed by atoms with Crippen molar-refractivity contribution in [3.63, 3.8) is 0 Å². The van der Waals surface area contributed by atoms with Gasteiger partial charge < -0.3 is 5.32 Å². The molecule has 0 aliphatic heterocycles. The number of hydrogen-bond acceptors (Lipinski definition) is 3. The first-order chi connectivity index (χ1) is 16.7. The molecule has 0 fully saturated rings. The van der Waals surface area contributed by atoms with E-state index < -0.39 is 10.0 Å². The van der Waals surface area contributed by atoms with Crippen molar-refractivity contribution >= 4 is 21.6 Å². The molecule has 0 aliphatic rings. The van der Waals surface area contributed by atoms with Gasteiger partial charge in [0.05, 0.1) is 16.6 Å². The smallest absolute Gasteiger partial charge is 0.261 e. The number of carbonyl (C=O) groups excluding carboxylic acids is 1. The molecule has 0 bridgehead atoms. The summed E-state index contributed by atoms with van der Waals surface area (Å²) in [6.45, 7) is 5.70. The quantitative estimate of drug-likeness (QED) is 0.341. The van der Waals surface area contributed by atoms with E-state index in [1.807, 2.05) is 68.4 Å². The number of carbonyl (C=O) groups is 1. The number of rotatable bonds is 7. The number of anilines is 1. The number of amides is 1. The summed E-state index contributed by atoms with van der Waals surface area (Å²) in [5.74, 6) is -0.240. The molecule has 0 saturated carbocycles. The minimum absolute atomic E-state index is 0.188. The van der Waals surface area contributed by atoms with Crippen molar-refractivity contribution in [2.45, 2.75) is 31.7 Å². The summed E-state index contributed by atoms with van der Waals surface area (Å²) in [5.41, 5.74) is 5.62. The largest absolute Gasteiger partial charge is 0.341 e. The van der Waals surface area contributed by atoms with Crippen molar-refractivity contribution in [3.8, 4) is 0 Å². The second kappa shape index (κ2) is 10.2. The van der Waals surface area contributed by atoms with Gasteiger partial charge in [-0.15, -0.1) is 0 Å². The third-order valence-electron chi connectivity index (χ3n) is 5.88. The topological polar surface area (TPSA) is 75.3 Å². The molecule has 0 unspecified atom stereocenters. The average Bonchev–Trinajstić information content (AvgIpc) is 2.85. The van der Waals surface area contributed by atoms with Crippen LogP contribution in [0.25, 0.3) is 0 Å². The Morgan fingerprint density at radius 2 is 1.29 bits per heavy atom. The van der Waals surface area contributed by atoms with E-state index in [4.69, 9.17) is 0 Å². The van der Waals surface area contributed by atoms with E-state index in [0.29, 0.717) is 16.8 Å². The molecule has 6 heteroatoms. The lowest BCUT2D eigenvalue weighted by molar-refractivity contribution is 0.0943. The zero-order chi connectivity index (χ0) is 25.0. The van der Waals surface area contributed by atoms with Gasteiger partial charge in [-0.25, -0.2) is 8.42 Å². The molecule has 1 amide bonds. The molecule has 0 saturated heterocycles. The lowest BCUT2D eigenvalue weighted by Crippen LogP contribution is -2.29.